The van der Waals surface area contributed by atoms with E-state index in [1.54, 1.807) is 22.2 Å². The normalized spacial score (nSPS) is 16.2. The number of piperazine rings is 1. The summed E-state index contributed by atoms with van der Waals surface area (Å²) in [5.74, 6) is 0.375. The molecule has 0 bridgehead atoms. The molecular formula is C17H23N7S. The molecule has 1 aliphatic rings. The van der Waals surface area contributed by atoms with Gasteiger partial charge in [-0.3, -0.25) is 4.90 Å². The number of aromatic nitrogens is 5. The molecule has 0 aromatic carbocycles. The molecule has 0 amide bonds. The number of fused-ring (bicyclic) bond motifs is 1. The van der Waals surface area contributed by atoms with Crippen LogP contribution in [-0.2, 0) is 6.54 Å². The number of hydrogen-bond acceptors (Lipinski definition) is 7. The molecule has 4 heterocycles. The summed E-state index contributed by atoms with van der Waals surface area (Å²) < 4.78 is 1.80. The molecule has 0 saturated carbocycles. The Bertz CT molecular complexity index is 861. The van der Waals surface area contributed by atoms with Gasteiger partial charge in [0.2, 0.25) is 5.65 Å². The van der Waals surface area contributed by atoms with E-state index in [0.29, 0.717) is 5.92 Å². The van der Waals surface area contributed by atoms with Crippen LogP contribution in [-0.4, -0.2) is 55.9 Å². The van der Waals surface area contributed by atoms with Crippen LogP contribution in [0.4, 0.5) is 5.69 Å². The first-order chi connectivity index (χ1) is 12.1. The molecule has 7 nitrogen and oxygen atoms in total. The number of aryl methyl sites for hydroxylation is 1. The molecule has 1 saturated heterocycles. The first kappa shape index (κ1) is 16.4. The van der Waals surface area contributed by atoms with Gasteiger partial charge in [-0.1, -0.05) is 13.8 Å². The van der Waals surface area contributed by atoms with Crippen LogP contribution in [0.2, 0.25) is 0 Å². The second-order valence-electron chi connectivity index (χ2n) is 6.83. The van der Waals surface area contributed by atoms with Crippen LogP contribution in [0.3, 0.4) is 0 Å². The van der Waals surface area contributed by atoms with E-state index in [-0.39, 0.29) is 0 Å². The van der Waals surface area contributed by atoms with Gasteiger partial charge in [-0.05, 0) is 18.9 Å². The number of hydrogen-bond donors (Lipinski definition) is 0. The Labute approximate surface area is 151 Å². The van der Waals surface area contributed by atoms with Crippen LogP contribution in [0.25, 0.3) is 5.65 Å². The van der Waals surface area contributed by atoms with E-state index in [9.17, 15) is 0 Å². The zero-order chi connectivity index (χ0) is 17.4. The van der Waals surface area contributed by atoms with Gasteiger partial charge in [-0.2, -0.15) is 9.61 Å². The molecule has 0 aliphatic carbocycles. The highest BCUT2D eigenvalue weighted by Gasteiger charge is 2.22. The third-order valence-corrected chi connectivity index (χ3v) is 5.45. The van der Waals surface area contributed by atoms with E-state index in [4.69, 9.17) is 0 Å². The van der Waals surface area contributed by atoms with Crippen LogP contribution in [0.15, 0.2) is 17.8 Å². The zero-order valence-electron chi connectivity index (χ0n) is 14.9. The Morgan fingerprint density at radius 1 is 1.20 bits per heavy atom. The molecule has 1 aliphatic heterocycles. The summed E-state index contributed by atoms with van der Waals surface area (Å²) in [4.78, 5) is 9.45. The number of rotatable bonds is 4. The Kier molecular flexibility index (Phi) is 4.39. The summed E-state index contributed by atoms with van der Waals surface area (Å²) in [7, 11) is 0. The molecule has 3 aromatic heterocycles. The van der Waals surface area contributed by atoms with Crippen LogP contribution >= 0.6 is 11.3 Å². The standard InChI is InChI=1S/C17H23N7S/c1-12(2)15-8-16(17-20-18-11-24(17)21-15)23-6-4-22(5-7-23)9-14-10-25-13(3)19-14/h8,10-12H,4-7,9H2,1-3H3. The largest absolute Gasteiger partial charge is 0.366 e. The lowest BCUT2D eigenvalue weighted by Crippen LogP contribution is -2.46. The van der Waals surface area contributed by atoms with Gasteiger partial charge < -0.3 is 4.90 Å². The van der Waals surface area contributed by atoms with E-state index >= 15 is 0 Å². The summed E-state index contributed by atoms with van der Waals surface area (Å²) in [6, 6.07) is 2.17. The number of thiazole rings is 1. The highest BCUT2D eigenvalue weighted by Crippen LogP contribution is 2.25. The Morgan fingerprint density at radius 3 is 2.68 bits per heavy atom. The minimum absolute atomic E-state index is 0.375. The molecule has 132 valence electrons. The van der Waals surface area contributed by atoms with Crippen LogP contribution in [0.5, 0.6) is 0 Å². The number of nitrogens with zero attached hydrogens (tertiary/aromatic N) is 7. The van der Waals surface area contributed by atoms with E-state index < -0.39 is 0 Å². The summed E-state index contributed by atoms with van der Waals surface area (Å²) in [6.45, 7) is 11.3. The minimum Gasteiger partial charge on any atom is -0.366 e. The SMILES string of the molecule is Cc1nc(CN2CCN(c3cc(C(C)C)nn4cnnc34)CC2)cs1. The van der Waals surface area contributed by atoms with Crippen molar-refractivity contribution >= 4 is 22.7 Å². The molecule has 0 radical (unpaired) electrons. The van der Waals surface area contributed by atoms with Gasteiger partial charge in [0, 0.05) is 38.1 Å². The Hall–Kier alpha value is -2.06. The van der Waals surface area contributed by atoms with Gasteiger partial charge in [0.25, 0.3) is 0 Å². The Morgan fingerprint density at radius 2 is 2.00 bits per heavy atom. The highest BCUT2D eigenvalue weighted by molar-refractivity contribution is 7.09. The lowest BCUT2D eigenvalue weighted by Gasteiger charge is -2.35. The molecule has 4 rings (SSSR count). The highest BCUT2D eigenvalue weighted by atomic mass is 32.1. The first-order valence-corrected chi connectivity index (χ1v) is 9.57. The van der Waals surface area contributed by atoms with E-state index in [1.165, 1.54) is 5.69 Å². The topological polar surface area (TPSA) is 62.5 Å². The maximum Gasteiger partial charge on any atom is 0.200 e. The van der Waals surface area contributed by atoms with Gasteiger partial charge in [0.15, 0.2) is 0 Å². The maximum absolute atomic E-state index is 4.61. The fraction of sp³-hybridized carbons (Fsp3) is 0.529. The van der Waals surface area contributed by atoms with E-state index in [1.807, 2.05) is 0 Å². The third-order valence-electron chi connectivity index (χ3n) is 4.62. The molecular weight excluding hydrogens is 334 g/mol. The minimum atomic E-state index is 0.375. The maximum atomic E-state index is 4.61. The second-order valence-corrected chi connectivity index (χ2v) is 7.89. The van der Waals surface area contributed by atoms with E-state index in [0.717, 1.165) is 54.8 Å². The van der Waals surface area contributed by atoms with Crippen LogP contribution in [0, 0.1) is 6.92 Å². The first-order valence-electron chi connectivity index (χ1n) is 8.69. The molecule has 0 atom stereocenters. The van der Waals surface area contributed by atoms with Crippen LogP contribution < -0.4 is 4.90 Å². The van der Waals surface area contributed by atoms with Gasteiger partial charge >= 0.3 is 0 Å². The predicted octanol–water partition coefficient (Wildman–Crippen LogP) is 2.33. The van der Waals surface area contributed by atoms with Crippen molar-refractivity contribution in [3.05, 3.63) is 34.2 Å². The fourth-order valence-corrected chi connectivity index (χ4v) is 3.81. The quantitative estimate of drug-likeness (QED) is 0.714. The molecule has 3 aromatic rings. The van der Waals surface area contributed by atoms with Crippen LogP contribution in [0.1, 0.15) is 36.2 Å². The fourth-order valence-electron chi connectivity index (χ4n) is 3.20. The molecule has 1 fully saturated rings. The lowest BCUT2D eigenvalue weighted by atomic mass is 10.1. The zero-order valence-corrected chi connectivity index (χ0v) is 15.7. The molecule has 0 unspecified atom stereocenters. The second kappa shape index (κ2) is 6.68. The van der Waals surface area contributed by atoms with Gasteiger partial charge in [0.05, 0.1) is 22.1 Å². The average molecular weight is 357 g/mol. The van der Waals surface area contributed by atoms with Crippen molar-refractivity contribution in [2.24, 2.45) is 0 Å². The average Bonchev–Trinajstić information content (AvgIpc) is 3.23. The third kappa shape index (κ3) is 3.36. The summed E-state index contributed by atoms with van der Waals surface area (Å²) in [5, 5.41) is 16.2. The summed E-state index contributed by atoms with van der Waals surface area (Å²) in [6.07, 6.45) is 1.69. The van der Waals surface area contributed by atoms with E-state index in [2.05, 4.69) is 62.3 Å². The summed E-state index contributed by atoms with van der Waals surface area (Å²) >= 11 is 1.72. The van der Waals surface area contributed by atoms with Crippen molar-refractivity contribution in [2.45, 2.75) is 33.2 Å². The van der Waals surface area contributed by atoms with Crippen molar-refractivity contribution in [3.8, 4) is 0 Å². The monoisotopic (exact) mass is 357 g/mol. The van der Waals surface area contributed by atoms with Gasteiger partial charge in [-0.15, -0.1) is 21.5 Å². The van der Waals surface area contributed by atoms with Crippen molar-refractivity contribution in [3.63, 3.8) is 0 Å². The molecule has 25 heavy (non-hydrogen) atoms. The number of anilines is 1. The van der Waals surface area contributed by atoms with Gasteiger partial charge in [-0.25, -0.2) is 4.98 Å². The smallest absolute Gasteiger partial charge is 0.200 e. The van der Waals surface area contributed by atoms with Crippen molar-refractivity contribution in [1.82, 2.24) is 29.7 Å². The van der Waals surface area contributed by atoms with Crippen molar-refractivity contribution in [1.29, 1.82) is 0 Å². The van der Waals surface area contributed by atoms with Gasteiger partial charge in [0.1, 0.15) is 6.33 Å². The van der Waals surface area contributed by atoms with Crippen molar-refractivity contribution in [2.75, 3.05) is 31.1 Å². The van der Waals surface area contributed by atoms with Crippen molar-refractivity contribution < 1.29 is 0 Å². The molecule has 0 N–H and O–H groups in total. The summed E-state index contributed by atoms with van der Waals surface area (Å²) in [5.41, 5.74) is 4.23. The Balaban J connectivity index is 1.50. The molecule has 8 heteroatoms. The predicted molar refractivity (Wildman–Crippen MR) is 99.2 cm³/mol. The lowest BCUT2D eigenvalue weighted by molar-refractivity contribution is 0.247. The molecule has 0 spiro atoms.